The van der Waals surface area contributed by atoms with E-state index in [2.05, 4.69) is 25.9 Å². The summed E-state index contributed by atoms with van der Waals surface area (Å²) in [7, 11) is 0. The van der Waals surface area contributed by atoms with E-state index in [1.807, 2.05) is 44.2 Å². The number of nitrogens with zero attached hydrogens (tertiary/aromatic N) is 2. The van der Waals surface area contributed by atoms with Gasteiger partial charge in [-0.3, -0.25) is 4.79 Å². The van der Waals surface area contributed by atoms with Crippen molar-refractivity contribution >= 4 is 0 Å². The number of benzene rings is 1. The summed E-state index contributed by atoms with van der Waals surface area (Å²) in [6, 6.07) is 9.41. The second-order valence-corrected chi connectivity index (χ2v) is 6.74. The highest BCUT2D eigenvalue weighted by molar-refractivity contribution is 5.33. The lowest BCUT2D eigenvalue weighted by Gasteiger charge is -2.21. The van der Waals surface area contributed by atoms with Gasteiger partial charge in [0.15, 0.2) is 0 Å². The van der Waals surface area contributed by atoms with Crippen molar-refractivity contribution < 1.29 is 0 Å². The highest BCUT2D eigenvalue weighted by Crippen LogP contribution is 2.23. The molecule has 0 saturated carbocycles. The lowest BCUT2D eigenvalue weighted by atomic mass is 9.89. The van der Waals surface area contributed by atoms with Crippen LogP contribution in [0.2, 0.25) is 0 Å². The van der Waals surface area contributed by atoms with Gasteiger partial charge in [-0.15, -0.1) is 0 Å². The molecule has 0 radical (unpaired) electrons. The summed E-state index contributed by atoms with van der Waals surface area (Å²) in [5, 5.41) is 4.46. The quantitative estimate of drug-likeness (QED) is 0.948. The molecular weight excluding hydrogens is 274 g/mol. The van der Waals surface area contributed by atoms with Crippen LogP contribution in [0.1, 0.15) is 56.1 Å². The van der Waals surface area contributed by atoms with Gasteiger partial charge in [-0.1, -0.05) is 50.6 Å². The second kappa shape index (κ2) is 6.05. The molecule has 1 heterocycles. The van der Waals surface area contributed by atoms with Gasteiger partial charge in [0, 0.05) is 17.5 Å². The van der Waals surface area contributed by atoms with Gasteiger partial charge in [0.2, 0.25) is 0 Å². The maximum Gasteiger partial charge on any atom is 0.271 e. The Morgan fingerprint density at radius 3 is 2.32 bits per heavy atom. The Labute approximate surface area is 132 Å². The third-order valence-corrected chi connectivity index (χ3v) is 3.84. The van der Waals surface area contributed by atoms with Crippen molar-refractivity contribution in [3.05, 3.63) is 63.1 Å². The van der Waals surface area contributed by atoms with Gasteiger partial charge in [0.25, 0.3) is 5.56 Å². The van der Waals surface area contributed by atoms with Gasteiger partial charge < -0.3 is 5.73 Å². The first-order chi connectivity index (χ1) is 10.2. The van der Waals surface area contributed by atoms with Crippen LogP contribution in [0.3, 0.4) is 0 Å². The van der Waals surface area contributed by atoms with E-state index < -0.39 is 6.04 Å². The summed E-state index contributed by atoms with van der Waals surface area (Å²) < 4.78 is 1.50. The average molecular weight is 299 g/mol. The molecule has 0 bridgehead atoms. The zero-order chi connectivity index (χ0) is 16.5. The molecule has 2 rings (SSSR count). The number of hydrogen-bond donors (Lipinski definition) is 1. The minimum Gasteiger partial charge on any atom is -0.320 e. The van der Waals surface area contributed by atoms with Crippen LogP contribution in [0.25, 0.3) is 0 Å². The Hall–Kier alpha value is -1.94. The van der Waals surface area contributed by atoms with Gasteiger partial charge in [-0.25, -0.2) is 4.68 Å². The molecule has 0 aliphatic rings. The molecule has 2 N–H and O–H groups in total. The van der Waals surface area contributed by atoms with Crippen molar-refractivity contribution in [3.8, 4) is 0 Å². The molecule has 118 valence electrons. The van der Waals surface area contributed by atoms with Crippen LogP contribution in [-0.2, 0) is 12.0 Å². The minimum absolute atomic E-state index is 0.108. The van der Waals surface area contributed by atoms with E-state index in [0.717, 1.165) is 11.3 Å². The van der Waals surface area contributed by atoms with Crippen molar-refractivity contribution in [2.45, 2.75) is 52.6 Å². The predicted molar refractivity (Wildman–Crippen MR) is 90.1 cm³/mol. The standard InChI is InChI=1S/C18H25N3O/c1-6-21-17(22)14(11-15(20-21)18(3,4)5)16(19)13-9-7-12(2)8-10-13/h7-11,16H,6,19H2,1-5H3. The van der Waals surface area contributed by atoms with Crippen molar-refractivity contribution in [2.24, 2.45) is 5.73 Å². The van der Waals surface area contributed by atoms with E-state index in [4.69, 9.17) is 5.73 Å². The Balaban J connectivity index is 2.58. The van der Waals surface area contributed by atoms with Crippen molar-refractivity contribution in [2.75, 3.05) is 0 Å². The van der Waals surface area contributed by atoms with E-state index in [1.54, 1.807) is 0 Å². The van der Waals surface area contributed by atoms with Crippen molar-refractivity contribution in [3.63, 3.8) is 0 Å². The van der Waals surface area contributed by atoms with Crippen LogP contribution in [0.4, 0.5) is 0 Å². The molecule has 0 saturated heterocycles. The lowest BCUT2D eigenvalue weighted by Crippen LogP contribution is -2.33. The van der Waals surface area contributed by atoms with Gasteiger partial charge in [0.05, 0.1) is 11.7 Å². The first-order valence-electron chi connectivity index (χ1n) is 7.68. The molecule has 0 spiro atoms. The summed E-state index contributed by atoms with van der Waals surface area (Å²) in [5.41, 5.74) is 9.72. The molecule has 2 aromatic rings. The Morgan fingerprint density at radius 1 is 1.23 bits per heavy atom. The Morgan fingerprint density at radius 2 is 1.82 bits per heavy atom. The van der Waals surface area contributed by atoms with E-state index in [9.17, 15) is 4.79 Å². The number of rotatable bonds is 3. The summed E-state index contributed by atoms with van der Waals surface area (Å²) in [6.45, 7) is 10.7. The fourth-order valence-corrected chi connectivity index (χ4v) is 2.32. The third-order valence-electron chi connectivity index (χ3n) is 3.84. The molecule has 1 aromatic heterocycles. The summed E-state index contributed by atoms with van der Waals surface area (Å²) in [6.07, 6.45) is 0. The fourth-order valence-electron chi connectivity index (χ4n) is 2.32. The molecule has 0 aliphatic carbocycles. The number of nitrogens with two attached hydrogens (primary N) is 1. The first kappa shape index (κ1) is 16.4. The second-order valence-electron chi connectivity index (χ2n) is 6.74. The van der Waals surface area contributed by atoms with Crippen molar-refractivity contribution in [1.29, 1.82) is 0 Å². The molecule has 0 fully saturated rings. The molecule has 1 aromatic carbocycles. The topological polar surface area (TPSA) is 60.9 Å². The Bertz CT molecular complexity index is 709. The summed E-state index contributed by atoms with van der Waals surface area (Å²) in [5.74, 6) is 0. The van der Waals surface area contributed by atoms with E-state index in [1.165, 1.54) is 10.2 Å². The molecule has 1 atom stereocenters. The summed E-state index contributed by atoms with van der Waals surface area (Å²) >= 11 is 0. The maximum atomic E-state index is 12.6. The molecular formula is C18H25N3O. The highest BCUT2D eigenvalue weighted by Gasteiger charge is 2.22. The molecule has 0 amide bonds. The normalized spacial score (nSPS) is 13.2. The smallest absolute Gasteiger partial charge is 0.271 e. The molecule has 4 nitrogen and oxygen atoms in total. The van der Waals surface area contributed by atoms with Gasteiger partial charge in [-0.2, -0.15) is 5.10 Å². The number of aromatic nitrogens is 2. The van der Waals surface area contributed by atoms with Crippen molar-refractivity contribution in [1.82, 2.24) is 9.78 Å². The largest absolute Gasteiger partial charge is 0.320 e. The zero-order valence-electron chi connectivity index (χ0n) is 14.1. The van der Waals surface area contributed by atoms with Crippen LogP contribution < -0.4 is 11.3 Å². The minimum atomic E-state index is -0.435. The highest BCUT2D eigenvalue weighted by atomic mass is 16.1. The monoisotopic (exact) mass is 299 g/mol. The number of hydrogen-bond acceptors (Lipinski definition) is 3. The van der Waals surface area contributed by atoms with Crippen LogP contribution in [-0.4, -0.2) is 9.78 Å². The van der Waals surface area contributed by atoms with E-state index in [0.29, 0.717) is 12.1 Å². The van der Waals surface area contributed by atoms with Crippen LogP contribution in [0, 0.1) is 6.92 Å². The average Bonchev–Trinajstić information content (AvgIpc) is 2.46. The van der Waals surface area contributed by atoms with Crippen LogP contribution >= 0.6 is 0 Å². The zero-order valence-corrected chi connectivity index (χ0v) is 14.1. The lowest BCUT2D eigenvalue weighted by molar-refractivity contribution is 0.505. The molecule has 4 heteroatoms. The van der Waals surface area contributed by atoms with E-state index in [-0.39, 0.29) is 11.0 Å². The number of aryl methyl sites for hydroxylation is 2. The van der Waals surface area contributed by atoms with Crippen LogP contribution in [0.5, 0.6) is 0 Å². The molecule has 1 unspecified atom stereocenters. The predicted octanol–water partition coefficient (Wildman–Crippen LogP) is 2.92. The van der Waals surface area contributed by atoms with Gasteiger partial charge in [-0.05, 0) is 25.5 Å². The molecule has 22 heavy (non-hydrogen) atoms. The summed E-state index contributed by atoms with van der Waals surface area (Å²) in [4.78, 5) is 12.6. The van der Waals surface area contributed by atoms with E-state index >= 15 is 0 Å². The maximum absolute atomic E-state index is 12.6. The third kappa shape index (κ3) is 3.28. The van der Waals surface area contributed by atoms with Gasteiger partial charge in [0.1, 0.15) is 0 Å². The van der Waals surface area contributed by atoms with Gasteiger partial charge >= 0.3 is 0 Å². The molecule has 0 aliphatic heterocycles. The SMILES string of the molecule is CCn1nc(C(C)(C)C)cc(C(N)c2ccc(C)cc2)c1=O. The Kier molecular flexibility index (Phi) is 4.52. The van der Waals surface area contributed by atoms with Crippen LogP contribution in [0.15, 0.2) is 35.1 Å². The first-order valence-corrected chi connectivity index (χ1v) is 7.68. The fraction of sp³-hybridized carbons (Fsp3) is 0.444.